The molecule has 0 bridgehead atoms. The number of nitrogens with zero attached hydrogens (tertiary/aromatic N) is 2. The normalized spacial score (nSPS) is 17.0. The number of nitrogens with one attached hydrogen (secondary N) is 1. The van der Waals surface area contributed by atoms with E-state index in [1.807, 2.05) is 16.7 Å². The Morgan fingerprint density at radius 1 is 1.16 bits per heavy atom. The highest BCUT2D eigenvalue weighted by Crippen LogP contribution is 2.15. The van der Waals surface area contributed by atoms with Gasteiger partial charge >= 0.3 is 0 Å². The lowest BCUT2D eigenvalue weighted by molar-refractivity contribution is -0.131. The van der Waals surface area contributed by atoms with Gasteiger partial charge in [0.2, 0.25) is 11.8 Å². The highest BCUT2D eigenvalue weighted by molar-refractivity contribution is 5.94. The summed E-state index contributed by atoms with van der Waals surface area (Å²) in [6.07, 6.45) is 2.18. The molecule has 25 heavy (non-hydrogen) atoms. The third-order valence-electron chi connectivity index (χ3n) is 4.46. The number of carbonyl (C=O) groups excluding carboxylic acids is 2. The van der Waals surface area contributed by atoms with E-state index in [2.05, 4.69) is 5.32 Å². The standard InChI is InChI=1S/C18H25F2N3O2/c1-3-5-17(24)23-9-4-8-22(10-11-23)13(2)18(25)21-14-6-7-15(19)16(20)12-14/h6-7,12-13H,3-5,8-11H2,1-2H3,(H,21,25). The van der Waals surface area contributed by atoms with E-state index in [-0.39, 0.29) is 17.5 Å². The molecule has 1 atom stereocenters. The van der Waals surface area contributed by atoms with Gasteiger partial charge in [-0.25, -0.2) is 8.78 Å². The van der Waals surface area contributed by atoms with Crippen LogP contribution >= 0.6 is 0 Å². The van der Waals surface area contributed by atoms with Crippen molar-refractivity contribution in [3.8, 4) is 0 Å². The van der Waals surface area contributed by atoms with E-state index in [1.54, 1.807) is 6.92 Å². The van der Waals surface area contributed by atoms with E-state index in [0.29, 0.717) is 32.6 Å². The molecule has 7 heteroatoms. The van der Waals surface area contributed by atoms with Crippen LogP contribution in [0, 0.1) is 11.6 Å². The maximum atomic E-state index is 13.2. The molecule has 5 nitrogen and oxygen atoms in total. The summed E-state index contributed by atoms with van der Waals surface area (Å²) < 4.78 is 26.2. The quantitative estimate of drug-likeness (QED) is 0.885. The second-order valence-corrected chi connectivity index (χ2v) is 6.31. The maximum absolute atomic E-state index is 13.2. The van der Waals surface area contributed by atoms with Crippen molar-refractivity contribution in [3.05, 3.63) is 29.8 Å². The zero-order valence-corrected chi connectivity index (χ0v) is 14.7. The van der Waals surface area contributed by atoms with Crippen molar-refractivity contribution in [1.29, 1.82) is 0 Å². The fourth-order valence-corrected chi connectivity index (χ4v) is 2.93. The first-order valence-corrected chi connectivity index (χ1v) is 8.70. The SMILES string of the molecule is CCCC(=O)N1CCCN(C(C)C(=O)Nc2ccc(F)c(F)c2)CC1. The second-order valence-electron chi connectivity index (χ2n) is 6.31. The first-order valence-electron chi connectivity index (χ1n) is 8.70. The molecule has 1 fully saturated rings. The van der Waals surface area contributed by atoms with Crippen molar-refractivity contribution in [2.45, 2.75) is 39.2 Å². The molecule has 1 aliphatic rings. The zero-order valence-electron chi connectivity index (χ0n) is 14.7. The van der Waals surface area contributed by atoms with Crippen molar-refractivity contribution in [2.24, 2.45) is 0 Å². The maximum Gasteiger partial charge on any atom is 0.241 e. The summed E-state index contributed by atoms with van der Waals surface area (Å²) in [5.74, 6) is -2.07. The lowest BCUT2D eigenvalue weighted by Crippen LogP contribution is -2.44. The summed E-state index contributed by atoms with van der Waals surface area (Å²) in [4.78, 5) is 28.3. The van der Waals surface area contributed by atoms with Crippen LogP contribution in [0.25, 0.3) is 0 Å². The van der Waals surface area contributed by atoms with Crippen molar-refractivity contribution in [2.75, 3.05) is 31.5 Å². The summed E-state index contributed by atoms with van der Waals surface area (Å²) in [7, 11) is 0. The van der Waals surface area contributed by atoms with Gasteiger partial charge in [-0.15, -0.1) is 0 Å². The number of hydrogen-bond donors (Lipinski definition) is 1. The monoisotopic (exact) mass is 353 g/mol. The van der Waals surface area contributed by atoms with Crippen LogP contribution < -0.4 is 5.32 Å². The van der Waals surface area contributed by atoms with E-state index >= 15 is 0 Å². The molecule has 1 aromatic rings. The summed E-state index contributed by atoms with van der Waals surface area (Å²) >= 11 is 0. The van der Waals surface area contributed by atoms with Crippen LogP contribution in [0.15, 0.2) is 18.2 Å². The molecule has 1 aliphatic heterocycles. The molecule has 0 radical (unpaired) electrons. The summed E-state index contributed by atoms with van der Waals surface area (Å²) in [6, 6.07) is 2.86. The average molecular weight is 353 g/mol. The van der Waals surface area contributed by atoms with Gasteiger partial charge in [-0.1, -0.05) is 6.92 Å². The summed E-state index contributed by atoms with van der Waals surface area (Å²) in [5.41, 5.74) is 0.227. The van der Waals surface area contributed by atoms with Crippen LogP contribution in [0.2, 0.25) is 0 Å². The van der Waals surface area contributed by atoms with Gasteiger partial charge in [0.1, 0.15) is 0 Å². The Balaban J connectivity index is 1.92. The van der Waals surface area contributed by atoms with Gasteiger partial charge in [0.05, 0.1) is 6.04 Å². The summed E-state index contributed by atoms with van der Waals surface area (Å²) in [6.45, 7) is 6.38. The molecule has 1 saturated heterocycles. The predicted molar refractivity (Wildman–Crippen MR) is 92.1 cm³/mol. The smallest absolute Gasteiger partial charge is 0.241 e. The minimum absolute atomic E-state index is 0.156. The summed E-state index contributed by atoms with van der Waals surface area (Å²) in [5, 5.41) is 2.61. The van der Waals surface area contributed by atoms with Gasteiger partial charge in [-0.05, 0) is 31.9 Å². The van der Waals surface area contributed by atoms with E-state index in [1.165, 1.54) is 6.07 Å². The molecular weight excluding hydrogens is 328 g/mol. The Morgan fingerprint density at radius 2 is 1.92 bits per heavy atom. The molecular formula is C18H25F2N3O2. The molecule has 1 heterocycles. The van der Waals surface area contributed by atoms with E-state index in [0.717, 1.165) is 25.0 Å². The number of halogens is 2. The third-order valence-corrected chi connectivity index (χ3v) is 4.46. The molecule has 138 valence electrons. The fourth-order valence-electron chi connectivity index (χ4n) is 2.93. The fraction of sp³-hybridized carbons (Fsp3) is 0.556. The molecule has 1 N–H and O–H groups in total. The van der Waals surface area contributed by atoms with Crippen molar-refractivity contribution < 1.29 is 18.4 Å². The van der Waals surface area contributed by atoms with Gasteiger partial charge in [-0.3, -0.25) is 14.5 Å². The van der Waals surface area contributed by atoms with E-state index in [4.69, 9.17) is 0 Å². The van der Waals surface area contributed by atoms with Crippen LogP contribution in [-0.4, -0.2) is 53.8 Å². The van der Waals surface area contributed by atoms with Gasteiger partial charge in [-0.2, -0.15) is 0 Å². The van der Waals surface area contributed by atoms with Gasteiger partial charge in [0.25, 0.3) is 0 Å². The predicted octanol–water partition coefficient (Wildman–Crippen LogP) is 2.63. The van der Waals surface area contributed by atoms with E-state index < -0.39 is 17.7 Å². The number of amides is 2. The minimum atomic E-state index is -0.995. The Hall–Kier alpha value is -2.02. The average Bonchev–Trinajstić information content (AvgIpc) is 2.84. The zero-order chi connectivity index (χ0) is 18.4. The Labute approximate surface area is 147 Å². The second kappa shape index (κ2) is 8.89. The van der Waals surface area contributed by atoms with Crippen molar-refractivity contribution in [3.63, 3.8) is 0 Å². The molecule has 0 spiro atoms. The molecule has 2 amide bonds. The third kappa shape index (κ3) is 5.22. The highest BCUT2D eigenvalue weighted by Gasteiger charge is 2.25. The number of anilines is 1. The van der Waals surface area contributed by atoms with Crippen LogP contribution in [0.1, 0.15) is 33.1 Å². The van der Waals surface area contributed by atoms with E-state index in [9.17, 15) is 18.4 Å². The van der Waals surface area contributed by atoms with Crippen LogP contribution in [-0.2, 0) is 9.59 Å². The molecule has 0 aliphatic carbocycles. The molecule has 0 saturated carbocycles. The largest absolute Gasteiger partial charge is 0.341 e. The lowest BCUT2D eigenvalue weighted by atomic mass is 10.2. The molecule has 0 aromatic heterocycles. The first-order chi connectivity index (χ1) is 11.9. The Bertz CT molecular complexity index is 624. The number of benzene rings is 1. The highest BCUT2D eigenvalue weighted by atomic mass is 19.2. The minimum Gasteiger partial charge on any atom is -0.341 e. The Morgan fingerprint density at radius 3 is 2.60 bits per heavy atom. The topological polar surface area (TPSA) is 52.7 Å². The molecule has 1 unspecified atom stereocenters. The number of carbonyl (C=O) groups is 2. The first kappa shape index (κ1) is 19.3. The lowest BCUT2D eigenvalue weighted by Gasteiger charge is -2.27. The van der Waals surface area contributed by atoms with Gasteiger partial charge in [0, 0.05) is 44.4 Å². The number of rotatable bonds is 5. The van der Waals surface area contributed by atoms with Crippen molar-refractivity contribution >= 4 is 17.5 Å². The number of hydrogen-bond acceptors (Lipinski definition) is 3. The molecule has 2 rings (SSSR count). The van der Waals surface area contributed by atoms with Crippen LogP contribution in [0.4, 0.5) is 14.5 Å². The molecule has 1 aromatic carbocycles. The Kier molecular flexibility index (Phi) is 6.87. The van der Waals surface area contributed by atoms with Crippen molar-refractivity contribution in [1.82, 2.24) is 9.80 Å². The van der Waals surface area contributed by atoms with Crippen LogP contribution in [0.5, 0.6) is 0 Å². The van der Waals surface area contributed by atoms with Gasteiger partial charge < -0.3 is 10.2 Å². The van der Waals surface area contributed by atoms with Crippen LogP contribution in [0.3, 0.4) is 0 Å². The van der Waals surface area contributed by atoms with Gasteiger partial charge in [0.15, 0.2) is 11.6 Å².